The predicted molar refractivity (Wildman–Crippen MR) is 104 cm³/mol. The zero-order chi connectivity index (χ0) is 20.0. The van der Waals surface area contributed by atoms with Crippen LogP contribution in [0.4, 0.5) is 0 Å². The van der Waals surface area contributed by atoms with Crippen LogP contribution in [0.1, 0.15) is 19.4 Å². The molecule has 1 heterocycles. The summed E-state index contributed by atoms with van der Waals surface area (Å²) in [5, 5.41) is -0.743. The van der Waals surface area contributed by atoms with Crippen molar-refractivity contribution in [1.29, 1.82) is 0 Å². The molecule has 144 valence electrons. The summed E-state index contributed by atoms with van der Waals surface area (Å²) >= 11 is 12.0. The summed E-state index contributed by atoms with van der Waals surface area (Å²) in [7, 11) is -3.77. The highest BCUT2D eigenvalue weighted by molar-refractivity contribution is 7.91. The van der Waals surface area contributed by atoms with Crippen LogP contribution in [-0.2, 0) is 25.0 Å². The van der Waals surface area contributed by atoms with Gasteiger partial charge in [-0.2, -0.15) is 0 Å². The standard InChI is InChI=1S/C19H18Cl2O5S/c1-18(2)16(27(3,23)24)19(17(22)26-18,12-7-5-4-6-8-12)25-13-9-10-14(20)15(21)11-13/h4-11,16H,1-3H3. The maximum Gasteiger partial charge on any atom is 0.357 e. The molecule has 1 aliphatic rings. The van der Waals surface area contributed by atoms with Gasteiger partial charge in [0.2, 0.25) is 0 Å². The minimum atomic E-state index is -3.77. The van der Waals surface area contributed by atoms with Gasteiger partial charge in [-0.3, -0.25) is 0 Å². The van der Waals surface area contributed by atoms with Gasteiger partial charge in [-0.15, -0.1) is 0 Å². The lowest BCUT2D eigenvalue weighted by Crippen LogP contribution is -2.54. The number of hydrogen-bond acceptors (Lipinski definition) is 5. The third-order valence-corrected chi connectivity index (χ3v) is 6.96. The highest BCUT2D eigenvalue weighted by atomic mass is 35.5. The van der Waals surface area contributed by atoms with Crippen molar-refractivity contribution in [3.05, 3.63) is 64.1 Å². The van der Waals surface area contributed by atoms with Crippen LogP contribution in [0.25, 0.3) is 0 Å². The first-order chi connectivity index (χ1) is 12.5. The highest BCUT2D eigenvalue weighted by Crippen LogP contribution is 2.48. The molecule has 1 saturated heterocycles. The molecule has 0 aromatic heterocycles. The maximum atomic E-state index is 13.1. The highest BCUT2D eigenvalue weighted by Gasteiger charge is 2.68. The van der Waals surface area contributed by atoms with Gasteiger partial charge in [-0.25, -0.2) is 13.2 Å². The van der Waals surface area contributed by atoms with E-state index in [4.69, 9.17) is 32.7 Å². The molecule has 2 unspecified atom stereocenters. The third kappa shape index (κ3) is 3.42. The van der Waals surface area contributed by atoms with E-state index in [1.165, 1.54) is 18.2 Å². The lowest BCUT2D eigenvalue weighted by molar-refractivity contribution is -0.156. The molecule has 5 nitrogen and oxygen atoms in total. The van der Waals surface area contributed by atoms with Crippen LogP contribution in [0.2, 0.25) is 10.0 Å². The number of esters is 1. The van der Waals surface area contributed by atoms with Gasteiger partial charge >= 0.3 is 5.97 Å². The van der Waals surface area contributed by atoms with Gasteiger partial charge in [-0.1, -0.05) is 53.5 Å². The molecule has 3 rings (SSSR count). The van der Waals surface area contributed by atoms with E-state index in [1.54, 1.807) is 44.2 Å². The average Bonchev–Trinajstić information content (AvgIpc) is 2.77. The molecular weight excluding hydrogens is 411 g/mol. The van der Waals surface area contributed by atoms with Crippen molar-refractivity contribution in [3.8, 4) is 5.75 Å². The first-order valence-electron chi connectivity index (χ1n) is 8.10. The Balaban J connectivity index is 2.28. The van der Waals surface area contributed by atoms with E-state index in [-0.39, 0.29) is 10.8 Å². The molecule has 0 N–H and O–H groups in total. The largest absolute Gasteiger partial charge is 0.469 e. The van der Waals surface area contributed by atoms with Crippen molar-refractivity contribution < 1.29 is 22.7 Å². The van der Waals surface area contributed by atoms with Crippen molar-refractivity contribution in [2.45, 2.75) is 30.3 Å². The van der Waals surface area contributed by atoms with Crippen molar-refractivity contribution in [2.24, 2.45) is 0 Å². The quantitative estimate of drug-likeness (QED) is 0.687. The Morgan fingerprint density at radius 1 is 1.04 bits per heavy atom. The van der Waals surface area contributed by atoms with Gasteiger partial charge in [0.25, 0.3) is 5.60 Å². The van der Waals surface area contributed by atoms with Crippen LogP contribution < -0.4 is 4.74 Å². The van der Waals surface area contributed by atoms with Crippen molar-refractivity contribution in [2.75, 3.05) is 6.26 Å². The zero-order valence-electron chi connectivity index (χ0n) is 14.9. The molecule has 0 saturated carbocycles. The topological polar surface area (TPSA) is 69.7 Å². The van der Waals surface area contributed by atoms with E-state index in [1.807, 2.05) is 0 Å². The molecule has 1 fully saturated rings. The lowest BCUT2D eigenvalue weighted by Gasteiger charge is -2.34. The number of rotatable bonds is 4. The second-order valence-corrected chi connectivity index (χ2v) is 9.93. The summed E-state index contributed by atoms with van der Waals surface area (Å²) in [4.78, 5) is 13.1. The zero-order valence-corrected chi connectivity index (χ0v) is 17.2. The fourth-order valence-corrected chi connectivity index (χ4v) is 5.87. The van der Waals surface area contributed by atoms with Crippen LogP contribution in [0, 0.1) is 0 Å². The Morgan fingerprint density at radius 3 is 2.22 bits per heavy atom. The van der Waals surface area contributed by atoms with E-state index < -0.39 is 32.3 Å². The minimum Gasteiger partial charge on any atom is -0.469 e. The van der Waals surface area contributed by atoms with E-state index in [0.717, 1.165) is 6.26 Å². The van der Waals surface area contributed by atoms with Crippen molar-refractivity contribution in [1.82, 2.24) is 0 Å². The van der Waals surface area contributed by atoms with Crippen LogP contribution >= 0.6 is 23.2 Å². The number of benzene rings is 2. The van der Waals surface area contributed by atoms with E-state index in [9.17, 15) is 13.2 Å². The maximum absolute atomic E-state index is 13.1. The van der Waals surface area contributed by atoms with E-state index >= 15 is 0 Å². The second kappa shape index (κ2) is 6.69. The summed E-state index contributed by atoms with van der Waals surface area (Å²) in [5.74, 6) is -0.572. The Labute approximate surface area is 168 Å². The monoisotopic (exact) mass is 428 g/mol. The Hall–Kier alpha value is -1.76. The summed E-state index contributed by atoms with van der Waals surface area (Å²) in [6.07, 6.45) is 1.07. The predicted octanol–water partition coefficient (Wildman–Crippen LogP) is 4.02. The molecule has 2 atom stereocenters. The molecule has 0 aliphatic carbocycles. The van der Waals surface area contributed by atoms with Crippen LogP contribution in [0.3, 0.4) is 0 Å². The number of sulfone groups is 1. The summed E-state index contributed by atoms with van der Waals surface area (Å²) in [5.41, 5.74) is -2.80. The average molecular weight is 429 g/mol. The number of ether oxygens (including phenoxy) is 2. The second-order valence-electron chi connectivity index (χ2n) is 6.98. The lowest BCUT2D eigenvalue weighted by atomic mass is 9.85. The molecule has 0 bridgehead atoms. The fraction of sp³-hybridized carbons (Fsp3) is 0.316. The molecule has 2 aromatic carbocycles. The van der Waals surface area contributed by atoms with Crippen LogP contribution in [0.5, 0.6) is 5.75 Å². The summed E-state index contributed by atoms with van der Waals surface area (Å²) < 4.78 is 37.0. The fourth-order valence-electron chi connectivity index (χ4n) is 3.62. The SMILES string of the molecule is CC1(C)OC(=O)C(Oc2ccc(Cl)c(Cl)c2)(c2ccccc2)C1S(C)(=O)=O. The summed E-state index contributed by atoms with van der Waals surface area (Å²) in [6.45, 7) is 3.11. The summed E-state index contributed by atoms with van der Waals surface area (Å²) in [6, 6.07) is 12.9. The third-order valence-electron chi connectivity index (χ3n) is 4.46. The molecule has 27 heavy (non-hydrogen) atoms. The number of cyclic esters (lactones) is 1. The Morgan fingerprint density at radius 2 is 1.67 bits per heavy atom. The molecular formula is C19H18Cl2O5S. The molecule has 0 radical (unpaired) electrons. The number of halogens is 2. The molecule has 8 heteroatoms. The van der Waals surface area contributed by atoms with Gasteiger partial charge in [0.1, 0.15) is 11.4 Å². The first-order valence-corrected chi connectivity index (χ1v) is 10.8. The van der Waals surface area contributed by atoms with E-state index in [0.29, 0.717) is 10.6 Å². The van der Waals surface area contributed by atoms with Gasteiger partial charge < -0.3 is 9.47 Å². The normalized spacial score (nSPS) is 24.5. The van der Waals surface area contributed by atoms with Crippen LogP contribution in [0.15, 0.2) is 48.5 Å². The number of carbonyl (C=O) groups excluding carboxylic acids is 1. The Kier molecular flexibility index (Phi) is 4.95. The minimum absolute atomic E-state index is 0.205. The molecule has 0 spiro atoms. The van der Waals surface area contributed by atoms with Gasteiger partial charge in [0.15, 0.2) is 15.1 Å². The Bertz CT molecular complexity index is 988. The number of carbonyl (C=O) groups is 1. The van der Waals surface area contributed by atoms with Gasteiger partial charge in [0.05, 0.1) is 10.0 Å². The van der Waals surface area contributed by atoms with Crippen molar-refractivity contribution >= 4 is 39.0 Å². The smallest absolute Gasteiger partial charge is 0.357 e. The molecule has 2 aromatic rings. The molecule has 0 amide bonds. The number of hydrogen-bond donors (Lipinski definition) is 0. The van der Waals surface area contributed by atoms with Gasteiger partial charge in [0, 0.05) is 17.9 Å². The van der Waals surface area contributed by atoms with Crippen LogP contribution in [-0.4, -0.2) is 31.5 Å². The first kappa shape index (κ1) is 20.0. The van der Waals surface area contributed by atoms with E-state index in [2.05, 4.69) is 0 Å². The van der Waals surface area contributed by atoms with Crippen molar-refractivity contribution in [3.63, 3.8) is 0 Å². The molecule has 1 aliphatic heterocycles. The van der Waals surface area contributed by atoms with Gasteiger partial charge in [-0.05, 0) is 26.0 Å².